The van der Waals surface area contributed by atoms with Crippen molar-refractivity contribution in [3.8, 4) is 0 Å². The highest BCUT2D eigenvalue weighted by Gasteiger charge is 2.29. The maximum atomic E-state index is 12.8. The minimum atomic E-state index is -4.39. The number of nitrogens with zero attached hydrogens (tertiary/aromatic N) is 1. The van der Waals surface area contributed by atoms with Crippen LogP contribution in [-0.2, 0) is 22.6 Å². The van der Waals surface area contributed by atoms with E-state index in [-0.39, 0.29) is 17.0 Å². The molecule has 3 aromatic rings. The lowest BCUT2D eigenvalue weighted by Gasteiger charge is -2.19. The van der Waals surface area contributed by atoms with Crippen molar-refractivity contribution in [2.24, 2.45) is 0 Å². The first-order valence-electron chi connectivity index (χ1n) is 9.67. The van der Waals surface area contributed by atoms with Crippen LogP contribution in [0.1, 0.15) is 21.5 Å². The van der Waals surface area contributed by atoms with E-state index >= 15 is 0 Å². The van der Waals surface area contributed by atoms with Crippen molar-refractivity contribution < 1.29 is 26.4 Å². The molecule has 0 radical (unpaired) electrons. The van der Waals surface area contributed by atoms with Crippen molar-refractivity contribution >= 4 is 21.6 Å². The van der Waals surface area contributed by atoms with Gasteiger partial charge in [0.25, 0.3) is 15.9 Å². The van der Waals surface area contributed by atoms with Crippen molar-refractivity contribution in [2.75, 3.05) is 17.9 Å². The Bertz CT molecular complexity index is 1160. The fourth-order valence-corrected chi connectivity index (χ4v) is 4.19. The first-order chi connectivity index (χ1) is 15.1. The first-order valence-corrected chi connectivity index (χ1v) is 11.1. The molecule has 1 N–H and O–H groups in total. The molecule has 0 aliphatic heterocycles. The molecule has 0 aliphatic rings. The molecule has 32 heavy (non-hydrogen) atoms. The Morgan fingerprint density at radius 2 is 1.50 bits per heavy atom. The first kappa shape index (κ1) is 23.3. The highest BCUT2D eigenvalue weighted by molar-refractivity contribution is 7.92. The number of hydrogen-bond acceptors (Lipinski definition) is 3. The van der Waals surface area contributed by atoms with Gasteiger partial charge in [-0.15, -0.1) is 0 Å². The van der Waals surface area contributed by atoms with Crippen LogP contribution in [0.25, 0.3) is 0 Å². The van der Waals surface area contributed by atoms with Crippen LogP contribution in [0.4, 0.5) is 18.9 Å². The zero-order valence-corrected chi connectivity index (χ0v) is 18.0. The summed E-state index contributed by atoms with van der Waals surface area (Å²) >= 11 is 0. The molecule has 0 spiro atoms. The van der Waals surface area contributed by atoms with E-state index in [0.717, 1.165) is 16.4 Å². The quantitative estimate of drug-likeness (QED) is 0.562. The predicted octanol–water partition coefficient (Wildman–Crippen LogP) is 4.50. The minimum Gasteiger partial charge on any atom is -0.352 e. The average molecular weight is 462 g/mol. The zero-order valence-electron chi connectivity index (χ0n) is 17.1. The third-order valence-electron chi connectivity index (χ3n) is 4.88. The third-order valence-corrected chi connectivity index (χ3v) is 6.67. The SMILES string of the molecule is CN(c1ccccc1)S(=O)(=O)c1ccc(C(=O)NCCc2ccc(C(F)(F)F)cc2)cc1. The second kappa shape index (κ2) is 9.44. The van der Waals surface area contributed by atoms with E-state index in [9.17, 15) is 26.4 Å². The number of nitrogens with one attached hydrogen (secondary N) is 1. The normalized spacial score (nSPS) is 11.8. The van der Waals surface area contributed by atoms with Crippen molar-refractivity contribution in [1.82, 2.24) is 5.32 Å². The summed E-state index contributed by atoms with van der Waals surface area (Å²) in [6.45, 7) is 0.223. The smallest absolute Gasteiger partial charge is 0.352 e. The number of amides is 1. The van der Waals surface area contributed by atoms with Crippen molar-refractivity contribution in [3.05, 3.63) is 95.6 Å². The molecule has 0 unspecified atom stereocenters. The molecule has 0 saturated heterocycles. The molecule has 0 saturated carbocycles. The van der Waals surface area contributed by atoms with Gasteiger partial charge in [-0.3, -0.25) is 9.10 Å². The van der Waals surface area contributed by atoms with Gasteiger partial charge < -0.3 is 5.32 Å². The molecule has 0 bridgehead atoms. The number of rotatable bonds is 7. The molecular formula is C23H21F3N2O3S. The summed E-state index contributed by atoms with van der Waals surface area (Å²) in [5.74, 6) is -0.405. The van der Waals surface area contributed by atoms with Crippen LogP contribution in [0.3, 0.4) is 0 Å². The zero-order chi connectivity index (χ0) is 23.4. The van der Waals surface area contributed by atoms with E-state index in [1.54, 1.807) is 30.3 Å². The minimum absolute atomic E-state index is 0.0464. The number of carbonyl (C=O) groups is 1. The van der Waals surface area contributed by atoms with Gasteiger partial charge in [-0.1, -0.05) is 30.3 Å². The molecule has 1 amide bonds. The number of hydrogen-bond donors (Lipinski definition) is 1. The average Bonchev–Trinajstić information content (AvgIpc) is 2.79. The van der Waals surface area contributed by atoms with Crippen LogP contribution in [0.15, 0.2) is 83.8 Å². The molecule has 5 nitrogen and oxygen atoms in total. The van der Waals surface area contributed by atoms with Gasteiger partial charge in [-0.25, -0.2) is 8.42 Å². The highest BCUT2D eigenvalue weighted by atomic mass is 32.2. The second-order valence-corrected chi connectivity index (χ2v) is 9.00. The monoisotopic (exact) mass is 462 g/mol. The van der Waals surface area contributed by atoms with Gasteiger partial charge in [-0.2, -0.15) is 13.2 Å². The van der Waals surface area contributed by atoms with Crippen molar-refractivity contribution in [1.29, 1.82) is 0 Å². The molecule has 0 atom stereocenters. The summed E-state index contributed by atoms with van der Waals surface area (Å²) in [4.78, 5) is 12.4. The predicted molar refractivity (Wildman–Crippen MR) is 116 cm³/mol. The maximum Gasteiger partial charge on any atom is 0.416 e. The molecule has 0 heterocycles. The maximum absolute atomic E-state index is 12.8. The lowest BCUT2D eigenvalue weighted by molar-refractivity contribution is -0.137. The molecular weight excluding hydrogens is 441 g/mol. The van der Waals surface area contributed by atoms with Crippen LogP contribution in [0, 0.1) is 0 Å². The molecule has 9 heteroatoms. The van der Waals surface area contributed by atoms with Crippen LogP contribution in [-0.4, -0.2) is 27.9 Å². The van der Waals surface area contributed by atoms with Gasteiger partial charge in [-0.05, 0) is 60.5 Å². The second-order valence-electron chi connectivity index (χ2n) is 7.03. The van der Waals surface area contributed by atoms with E-state index in [4.69, 9.17) is 0 Å². The van der Waals surface area contributed by atoms with Gasteiger partial charge in [0.2, 0.25) is 0 Å². The summed E-state index contributed by atoms with van der Waals surface area (Å²) in [7, 11) is -2.33. The Hall–Kier alpha value is -3.33. The number of carbonyl (C=O) groups excluding carboxylic acids is 1. The topological polar surface area (TPSA) is 66.5 Å². The van der Waals surface area contributed by atoms with Crippen LogP contribution in [0.5, 0.6) is 0 Å². The van der Waals surface area contributed by atoms with E-state index in [1.165, 1.54) is 43.4 Å². The summed E-state index contributed by atoms with van der Waals surface area (Å²) < 4.78 is 64.5. The Morgan fingerprint density at radius 3 is 2.06 bits per heavy atom. The molecule has 0 aliphatic carbocycles. The van der Waals surface area contributed by atoms with Gasteiger partial charge in [0.05, 0.1) is 16.1 Å². The number of sulfonamides is 1. The Kier molecular flexibility index (Phi) is 6.88. The largest absolute Gasteiger partial charge is 0.416 e. The van der Waals surface area contributed by atoms with Gasteiger partial charge in [0.1, 0.15) is 0 Å². The van der Waals surface area contributed by atoms with E-state index < -0.39 is 27.7 Å². The van der Waals surface area contributed by atoms with Crippen LogP contribution < -0.4 is 9.62 Å². The Labute approximate surface area is 184 Å². The van der Waals surface area contributed by atoms with E-state index in [0.29, 0.717) is 17.7 Å². The molecule has 168 valence electrons. The summed E-state index contributed by atoms with van der Waals surface area (Å²) in [6.07, 6.45) is -4.03. The summed E-state index contributed by atoms with van der Waals surface area (Å²) in [6, 6.07) is 18.9. The van der Waals surface area contributed by atoms with Crippen LogP contribution >= 0.6 is 0 Å². The lowest BCUT2D eigenvalue weighted by atomic mass is 10.1. The Balaban J connectivity index is 1.59. The number of alkyl halides is 3. The summed E-state index contributed by atoms with van der Waals surface area (Å²) in [5, 5.41) is 2.68. The van der Waals surface area contributed by atoms with Gasteiger partial charge >= 0.3 is 6.18 Å². The van der Waals surface area contributed by atoms with Crippen LogP contribution in [0.2, 0.25) is 0 Å². The molecule has 0 aromatic heterocycles. The summed E-state index contributed by atoms with van der Waals surface area (Å²) in [5.41, 5.74) is 0.721. The molecule has 3 rings (SSSR count). The Morgan fingerprint density at radius 1 is 0.906 bits per heavy atom. The van der Waals surface area contributed by atoms with Gasteiger partial charge in [0.15, 0.2) is 0 Å². The fraction of sp³-hybridized carbons (Fsp3) is 0.174. The highest BCUT2D eigenvalue weighted by Crippen LogP contribution is 2.29. The number of para-hydroxylation sites is 1. The number of halogens is 3. The lowest BCUT2D eigenvalue weighted by Crippen LogP contribution is -2.27. The van der Waals surface area contributed by atoms with Crippen molar-refractivity contribution in [3.63, 3.8) is 0 Å². The third kappa shape index (κ3) is 5.47. The fourth-order valence-electron chi connectivity index (χ4n) is 3.00. The number of anilines is 1. The number of benzene rings is 3. The standard InChI is InChI=1S/C23H21F3N2O3S/c1-28(20-5-3-2-4-6-20)32(30,31)21-13-9-18(10-14-21)22(29)27-16-15-17-7-11-19(12-8-17)23(24,25)26/h2-14H,15-16H2,1H3,(H,27,29). The molecule has 3 aromatic carbocycles. The van der Waals surface area contributed by atoms with E-state index in [1.807, 2.05) is 0 Å². The van der Waals surface area contributed by atoms with Crippen molar-refractivity contribution in [2.45, 2.75) is 17.5 Å². The van der Waals surface area contributed by atoms with Gasteiger partial charge in [0, 0.05) is 19.2 Å². The molecule has 0 fully saturated rings. The van der Waals surface area contributed by atoms with E-state index in [2.05, 4.69) is 5.32 Å².